The van der Waals surface area contributed by atoms with E-state index in [4.69, 9.17) is 14.2 Å². The minimum atomic E-state index is 0. The average molecular weight is 334 g/mol. The van der Waals surface area contributed by atoms with Crippen molar-refractivity contribution in [2.24, 2.45) is 4.99 Å². The highest BCUT2D eigenvalue weighted by atomic mass is 35.5. The van der Waals surface area contributed by atoms with E-state index in [1.807, 2.05) is 30.3 Å². The number of fused-ring (bicyclic) bond motifs is 1. The molecule has 0 spiro atoms. The molecule has 23 heavy (non-hydrogen) atoms. The van der Waals surface area contributed by atoms with Gasteiger partial charge in [0, 0.05) is 17.7 Å². The largest absolute Gasteiger partial charge is 0.493 e. The lowest BCUT2D eigenvalue weighted by atomic mass is 10.1. The monoisotopic (exact) mass is 333 g/mol. The van der Waals surface area contributed by atoms with Crippen molar-refractivity contribution in [3.8, 4) is 11.5 Å². The van der Waals surface area contributed by atoms with Crippen LogP contribution < -0.4 is 9.47 Å². The first kappa shape index (κ1) is 17.2. The van der Waals surface area contributed by atoms with Crippen LogP contribution in [0.5, 0.6) is 11.5 Å². The summed E-state index contributed by atoms with van der Waals surface area (Å²) in [4.78, 5) is 4.58. The molecule has 5 heteroatoms. The maximum absolute atomic E-state index is 5.65. The predicted molar refractivity (Wildman–Crippen MR) is 93.1 cm³/mol. The first-order valence-electron chi connectivity index (χ1n) is 7.28. The second kappa shape index (κ2) is 7.88. The van der Waals surface area contributed by atoms with Crippen LogP contribution in [0.3, 0.4) is 0 Å². The smallest absolute Gasteiger partial charge is 0.216 e. The molecule has 0 amide bonds. The molecule has 0 N–H and O–H groups in total. The molecule has 1 aliphatic heterocycles. The Bertz CT molecular complexity index is 700. The average Bonchev–Trinajstić information content (AvgIpc) is 2.98. The zero-order chi connectivity index (χ0) is 15.4. The zero-order valence-electron chi connectivity index (χ0n) is 13.2. The maximum atomic E-state index is 5.65. The normalized spacial score (nSPS) is 13.9. The molecule has 2 aromatic carbocycles. The highest BCUT2D eigenvalue weighted by molar-refractivity contribution is 5.97. The molecule has 0 atom stereocenters. The SMILES string of the molecule is COc1ccc(CCN=C2OCc3ccccc32)cc1OC.Cl. The number of hydrogen-bond donors (Lipinski definition) is 0. The van der Waals surface area contributed by atoms with E-state index >= 15 is 0 Å². The van der Waals surface area contributed by atoms with Gasteiger partial charge < -0.3 is 14.2 Å². The Morgan fingerprint density at radius 2 is 1.83 bits per heavy atom. The summed E-state index contributed by atoms with van der Waals surface area (Å²) in [5.74, 6) is 2.23. The third-order valence-electron chi connectivity index (χ3n) is 3.72. The van der Waals surface area contributed by atoms with Gasteiger partial charge in [0.1, 0.15) is 6.61 Å². The lowest BCUT2D eigenvalue weighted by Crippen LogP contribution is -2.01. The molecule has 2 aromatic rings. The summed E-state index contributed by atoms with van der Waals surface area (Å²) in [6.45, 7) is 1.30. The standard InChI is InChI=1S/C18H19NO3.ClH/c1-20-16-8-7-13(11-17(16)21-2)9-10-19-18-15-6-4-3-5-14(15)12-22-18;/h3-8,11H,9-10,12H2,1-2H3;1H. The molecule has 0 saturated heterocycles. The molecule has 4 nitrogen and oxygen atoms in total. The fraction of sp³-hybridized carbons (Fsp3) is 0.278. The first-order valence-corrected chi connectivity index (χ1v) is 7.28. The number of nitrogens with zero attached hydrogens (tertiary/aromatic N) is 1. The van der Waals surface area contributed by atoms with E-state index in [0.717, 1.165) is 34.9 Å². The van der Waals surface area contributed by atoms with Crippen LogP contribution in [0.1, 0.15) is 16.7 Å². The maximum Gasteiger partial charge on any atom is 0.216 e. The third-order valence-corrected chi connectivity index (χ3v) is 3.72. The minimum Gasteiger partial charge on any atom is -0.493 e. The van der Waals surface area contributed by atoms with Crippen molar-refractivity contribution in [2.45, 2.75) is 13.0 Å². The summed E-state index contributed by atoms with van der Waals surface area (Å²) in [6, 6.07) is 14.1. The predicted octanol–water partition coefficient (Wildman–Crippen LogP) is 3.65. The lowest BCUT2D eigenvalue weighted by molar-refractivity contribution is 0.311. The van der Waals surface area contributed by atoms with Crippen LogP contribution >= 0.6 is 12.4 Å². The zero-order valence-corrected chi connectivity index (χ0v) is 14.1. The van der Waals surface area contributed by atoms with Crippen LogP contribution in [0.15, 0.2) is 47.5 Å². The number of aliphatic imine (C=N–C) groups is 1. The van der Waals surface area contributed by atoms with E-state index in [-0.39, 0.29) is 12.4 Å². The van der Waals surface area contributed by atoms with E-state index in [2.05, 4.69) is 17.1 Å². The topological polar surface area (TPSA) is 40.0 Å². The molecule has 3 rings (SSSR count). The van der Waals surface area contributed by atoms with Gasteiger partial charge in [0.05, 0.1) is 14.2 Å². The number of halogens is 1. The fourth-order valence-electron chi connectivity index (χ4n) is 2.53. The fourth-order valence-corrected chi connectivity index (χ4v) is 2.53. The Morgan fingerprint density at radius 3 is 2.61 bits per heavy atom. The number of benzene rings is 2. The van der Waals surface area contributed by atoms with E-state index in [9.17, 15) is 0 Å². The van der Waals surface area contributed by atoms with E-state index in [1.54, 1.807) is 14.2 Å². The van der Waals surface area contributed by atoms with Crippen molar-refractivity contribution in [3.63, 3.8) is 0 Å². The third kappa shape index (κ3) is 3.77. The minimum absolute atomic E-state index is 0. The van der Waals surface area contributed by atoms with Crippen molar-refractivity contribution >= 4 is 18.3 Å². The quantitative estimate of drug-likeness (QED) is 0.838. The van der Waals surface area contributed by atoms with Crippen molar-refractivity contribution < 1.29 is 14.2 Å². The Hall–Kier alpha value is -2.20. The summed E-state index contributed by atoms with van der Waals surface area (Å²) in [5, 5.41) is 0. The molecule has 1 aliphatic rings. The first-order chi connectivity index (χ1) is 10.8. The van der Waals surface area contributed by atoms with E-state index in [1.165, 1.54) is 5.56 Å². The van der Waals surface area contributed by atoms with Crippen LogP contribution in [0.2, 0.25) is 0 Å². The van der Waals surface area contributed by atoms with E-state index in [0.29, 0.717) is 13.2 Å². The van der Waals surface area contributed by atoms with Crippen molar-refractivity contribution in [2.75, 3.05) is 20.8 Å². The van der Waals surface area contributed by atoms with Crippen LogP contribution in [-0.4, -0.2) is 26.7 Å². The highest BCUT2D eigenvalue weighted by Gasteiger charge is 2.17. The van der Waals surface area contributed by atoms with E-state index < -0.39 is 0 Å². The van der Waals surface area contributed by atoms with Gasteiger partial charge in [-0.25, -0.2) is 0 Å². The van der Waals surface area contributed by atoms with Crippen molar-refractivity contribution in [1.29, 1.82) is 0 Å². The van der Waals surface area contributed by atoms with Gasteiger partial charge in [-0.1, -0.05) is 24.3 Å². The summed E-state index contributed by atoms with van der Waals surface area (Å²) in [5.41, 5.74) is 3.47. The second-order valence-corrected chi connectivity index (χ2v) is 5.07. The van der Waals surface area contributed by atoms with Gasteiger partial charge in [-0.05, 0) is 30.2 Å². The molecule has 0 fully saturated rings. The van der Waals surface area contributed by atoms with Gasteiger partial charge in [0.15, 0.2) is 11.5 Å². The van der Waals surface area contributed by atoms with Gasteiger partial charge in [-0.15, -0.1) is 12.4 Å². The molecule has 122 valence electrons. The van der Waals surface area contributed by atoms with Gasteiger partial charge in [-0.3, -0.25) is 4.99 Å². The molecular formula is C18H20ClNO3. The molecule has 0 saturated carbocycles. The van der Waals surface area contributed by atoms with Gasteiger partial charge in [0.25, 0.3) is 0 Å². The lowest BCUT2D eigenvalue weighted by Gasteiger charge is -2.09. The van der Waals surface area contributed by atoms with Crippen LogP contribution in [0.4, 0.5) is 0 Å². The summed E-state index contributed by atoms with van der Waals surface area (Å²) < 4.78 is 16.2. The summed E-state index contributed by atoms with van der Waals surface area (Å²) in [6.07, 6.45) is 0.829. The molecule has 0 radical (unpaired) electrons. The van der Waals surface area contributed by atoms with Crippen molar-refractivity contribution in [3.05, 3.63) is 59.2 Å². The van der Waals surface area contributed by atoms with Gasteiger partial charge in [-0.2, -0.15) is 0 Å². The summed E-state index contributed by atoms with van der Waals surface area (Å²) in [7, 11) is 3.28. The van der Waals surface area contributed by atoms with Gasteiger partial charge in [0.2, 0.25) is 5.90 Å². The number of ether oxygens (including phenoxy) is 3. The summed E-state index contributed by atoms with van der Waals surface area (Å²) >= 11 is 0. The van der Waals surface area contributed by atoms with Crippen LogP contribution in [0.25, 0.3) is 0 Å². The Morgan fingerprint density at radius 1 is 1.04 bits per heavy atom. The van der Waals surface area contributed by atoms with Gasteiger partial charge >= 0.3 is 0 Å². The number of methoxy groups -OCH3 is 2. The Kier molecular flexibility index (Phi) is 5.88. The molecule has 1 heterocycles. The molecule has 0 aromatic heterocycles. The number of hydrogen-bond acceptors (Lipinski definition) is 4. The van der Waals surface area contributed by atoms with Crippen LogP contribution in [-0.2, 0) is 17.8 Å². The molecule has 0 aliphatic carbocycles. The molecule has 0 bridgehead atoms. The highest BCUT2D eigenvalue weighted by Crippen LogP contribution is 2.27. The van der Waals surface area contributed by atoms with Crippen LogP contribution in [0, 0.1) is 0 Å². The van der Waals surface area contributed by atoms with Crippen molar-refractivity contribution in [1.82, 2.24) is 0 Å². The number of rotatable bonds is 5. The molecule has 0 unspecified atom stereocenters. The second-order valence-electron chi connectivity index (χ2n) is 5.07. The Labute approximate surface area is 142 Å². The Balaban J connectivity index is 0.00000192. The molecular weight excluding hydrogens is 314 g/mol.